The average molecular weight is 336 g/mol. The van der Waals surface area contributed by atoms with Gasteiger partial charge >= 0.3 is 0 Å². The van der Waals surface area contributed by atoms with Crippen molar-refractivity contribution in [2.45, 2.75) is 39.3 Å². The Labute approximate surface area is 147 Å². The highest BCUT2D eigenvalue weighted by atomic mass is 16.5. The maximum atomic E-state index is 6.10. The topological polar surface area (TPSA) is 66.0 Å². The van der Waals surface area contributed by atoms with E-state index in [0.29, 0.717) is 19.0 Å². The summed E-state index contributed by atoms with van der Waals surface area (Å²) in [5.74, 6) is 2.41. The fourth-order valence-electron chi connectivity index (χ4n) is 3.23. The molecule has 3 aromatic rings. The van der Waals surface area contributed by atoms with Gasteiger partial charge in [0.1, 0.15) is 11.3 Å². The number of aryl methyl sites for hydroxylation is 1. The van der Waals surface area contributed by atoms with Crippen LogP contribution in [-0.2, 0) is 24.3 Å². The quantitative estimate of drug-likeness (QED) is 0.671. The number of hydrogen-bond donors (Lipinski definition) is 1. The number of rotatable bonds is 7. The number of nitrogens with zero attached hydrogens (tertiary/aromatic N) is 3. The molecule has 0 saturated heterocycles. The Bertz CT molecular complexity index is 868. The minimum Gasteiger partial charge on any atom is -0.382 e. The molecular formula is C20H24N4O. The highest BCUT2D eigenvalue weighted by Gasteiger charge is 2.25. The molecule has 1 aliphatic rings. The van der Waals surface area contributed by atoms with Crippen LogP contribution in [0, 0.1) is 12.8 Å². The van der Waals surface area contributed by atoms with E-state index in [1.807, 2.05) is 25.1 Å². The van der Waals surface area contributed by atoms with Gasteiger partial charge in [-0.15, -0.1) is 0 Å². The van der Waals surface area contributed by atoms with Crippen LogP contribution in [0.4, 0.5) is 5.82 Å². The Morgan fingerprint density at radius 2 is 2.00 bits per heavy atom. The second-order valence-corrected chi connectivity index (χ2v) is 6.88. The first kappa shape index (κ1) is 16.1. The van der Waals surface area contributed by atoms with Crippen LogP contribution in [-0.4, -0.2) is 21.1 Å². The molecular weight excluding hydrogens is 312 g/mol. The molecule has 0 radical (unpaired) electrons. The number of nitrogens with two attached hydrogens (primary N) is 1. The Morgan fingerprint density at radius 3 is 2.76 bits per heavy atom. The Hall–Kier alpha value is -2.40. The largest absolute Gasteiger partial charge is 0.382 e. The third-order valence-electron chi connectivity index (χ3n) is 4.71. The van der Waals surface area contributed by atoms with Gasteiger partial charge in [0.2, 0.25) is 0 Å². The summed E-state index contributed by atoms with van der Waals surface area (Å²) in [6.45, 7) is 4.04. The normalized spacial score (nSPS) is 14.3. The van der Waals surface area contributed by atoms with Gasteiger partial charge in [0.15, 0.2) is 5.82 Å². The predicted molar refractivity (Wildman–Crippen MR) is 99.2 cm³/mol. The van der Waals surface area contributed by atoms with E-state index in [-0.39, 0.29) is 0 Å². The average Bonchev–Trinajstić information content (AvgIpc) is 3.35. The minimum atomic E-state index is 0.524. The monoisotopic (exact) mass is 336 g/mol. The lowest BCUT2D eigenvalue weighted by Crippen LogP contribution is -2.10. The molecule has 4 rings (SSSR count). The summed E-state index contributed by atoms with van der Waals surface area (Å²) in [7, 11) is 0. The first-order valence-corrected chi connectivity index (χ1v) is 8.94. The standard InChI is InChI=1S/C20H24N4O/c1-14-11-17-19(20(21)22-14)23-18(12-15-7-8-15)24(17)9-10-25-13-16-5-3-2-4-6-16/h2-6,11,15H,7-10,12-13H2,1H3,(H2,21,22). The van der Waals surface area contributed by atoms with Gasteiger partial charge in [0.05, 0.1) is 18.7 Å². The number of imidazole rings is 1. The zero-order chi connectivity index (χ0) is 17.2. The van der Waals surface area contributed by atoms with Crippen LogP contribution in [0.1, 0.15) is 29.9 Å². The van der Waals surface area contributed by atoms with Crippen molar-refractivity contribution in [3.63, 3.8) is 0 Å². The molecule has 1 aromatic carbocycles. The smallest absolute Gasteiger partial charge is 0.151 e. The van der Waals surface area contributed by atoms with Crippen LogP contribution in [0.2, 0.25) is 0 Å². The van der Waals surface area contributed by atoms with Gasteiger partial charge < -0.3 is 15.0 Å². The number of benzene rings is 1. The van der Waals surface area contributed by atoms with Crippen LogP contribution in [0.15, 0.2) is 36.4 Å². The lowest BCUT2D eigenvalue weighted by molar-refractivity contribution is 0.113. The summed E-state index contributed by atoms with van der Waals surface area (Å²) in [5.41, 5.74) is 10.1. The van der Waals surface area contributed by atoms with Gasteiger partial charge in [0.25, 0.3) is 0 Å². The zero-order valence-corrected chi connectivity index (χ0v) is 14.6. The fourth-order valence-corrected chi connectivity index (χ4v) is 3.23. The van der Waals surface area contributed by atoms with Gasteiger partial charge in [-0.2, -0.15) is 0 Å². The Kier molecular flexibility index (Phi) is 4.40. The van der Waals surface area contributed by atoms with Crippen molar-refractivity contribution < 1.29 is 4.74 Å². The van der Waals surface area contributed by atoms with E-state index in [1.165, 1.54) is 18.4 Å². The number of nitrogen functional groups attached to an aromatic ring is 1. The number of aromatic nitrogens is 3. The van der Waals surface area contributed by atoms with Crippen LogP contribution >= 0.6 is 0 Å². The van der Waals surface area contributed by atoms with Gasteiger partial charge in [-0.3, -0.25) is 0 Å². The minimum absolute atomic E-state index is 0.524. The number of anilines is 1. The van der Waals surface area contributed by atoms with Crippen molar-refractivity contribution in [3.05, 3.63) is 53.5 Å². The lowest BCUT2D eigenvalue weighted by atomic mass is 10.2. The van der Waals surface area contributed by atoms with Crippen molar-refractivity contribution in [2.24, 2.45) is 5.92 Å². The van der Waals surface area contributed by atoms with Crippen molar-refractivity contribution in [1.29, 1.82) is 0 Å². The molecule has 2 N–H and O–H groups in total. The molecule has 0 aliphatic heterocycles. The third kappa shape index (κ3) is 3.66. The van der Waals surface area contributed by atoms with Crippen LogP contribution in [0.25, 0.3) is 11.0 Å². The van der Waals surface area contributed by atoms with E-state index in [0.717, 1.165) is 41.4 Å². The summed E-state index contributed by atoms with van der Waals surface area (Å²) in [4.78, 5) is 9.15. The molecule has 0 bridgehead atoms. The van der Waals surface area contributed by atoms with Crippen molar-refractivity contribution >= 4 is 16.9 Å². The van der Waals surface area contributed by atoms with E-state index in [9.17, 15) is 0 Å². The van der Waals surface area contributed by atoms with Crippen molar-refractivity contribution in [3.8, 4) is 0 Å². The van der Waals surface area contributed by atoms with E-state index >= 15 is 0 Å². The molecule has 0 spiro atoms. The van der Waals surface area contributed by atoms with E-state index < -0.39 is 0 Å². The molecule has 2 aromatic heterocycles. The Morgan fingerprint density at radius 1 is 1.20 bits per heavy atom. The third-order valence-corrected chi connectivity index (χ3v) is 4.71. The SMILES string of the molecule is Cc1cc2c(nc(CC3CC3)n2CCOCc2ccccc2)c(N)n1. The van der Waals surface area contributed by atoms with Gasteiger partial charge in [-0.25, -0.2) is 9.97 Å². The molecule has 1 aliphatic carbocycles. The van der Waals surface area contributed by atoms with Crippen LogP contribution < -0.4 is 5.73 Å². The second kappa shape index (κ2) is 6.84. The van der Waals surface area contributed by atoms with E-state index in [4.69, 9.17) is 15.5 Å². The lowest BCUT2D eigenvalue weighted by Gasteiger charge is -2.10. The molecule has 5 nitrogen and oxygen atoms in total. The van der Waals surface area contributed by atoms with Crippen LogP contribution in [0.3, 0.4) is 0 Å². The second-order valence-electron chi connectivity index (χ2n) is 6.88. The molecule has 25 heavy (non-hydrogen) atoms. The highest BCUT2D eigenvalue weighted by Crippen LogP contribution is 2.33. The van der Waals surface area contributed by atoms with Gasteiger partial charge in [-0.05, 0) is 37.3 Å². The summed E-state index contributed by atoms with van der Waals surface area (Å²) < 4.78 is 8.15. The van der Waals surface area contributed by atoms with E-state index in [1.54, 1.807) is 0 Å². The molecule has 2 heterocycles. The molecule has 0 amide bonds. The van der Waals surface area contributed by atoms with Gasteiger partial charge in [0, 0.05) is 18.7 Å². The maximum Gasteiger partial charge on any atom is 0.151 e. The maximum absolute atomic E-state index is 6.10. The number of hydrogen-bond acceptors (Lipinski definition) is 4. The van der Waals surface area contributed by atoms with Gasteiger partial charge in [-0.1, -0.05) is 30.3 Å². The molecule has 5 heteroatoms. The summed E-state index contributed by atoms with van der Waals surface area (Å²) in [6.07, 6.45) is 3.63. The molecule has 0 unspecified atom stereocenters. The number of pyridine rings is 1. The van der Waals surface area contributed by atoms with Crippen molar-refractivity contribution in [2.75, 3.05) is 12.3 Å². The number of fused-ring (bicyclic) bond motifs is 1. The van der Waals surface area contributed by atoms with Crippen LogP contribution in [0.5, 0.6) is 0 Å². The van der Waals surface area contributed by atoms with Crippen molar-refractivity contribution in [1.82, 2.24) is 14.5 Å². The fraction of sp³-hybridized carbons (Fsp3) is 0.400. The molecule has 1 saturated carbocycles. The summed E-state index contributed by atoms with van der Waals surface area (Å²) in [6, 6.07) is 12.3. The van der Waals surface area contributed by atoms with E-state index in [2.05, 4.69) is 27.8 Å². The molecule has 0 atom stereocenters. The Balaban J connectivity index is 1.52. The first-order chi connectivity index (χ1) is 12.2. The highest BCUT2D eigenvalue weighted by molar-refractivity contribution is 5.85. The molecule has 1 fully saturated rings. The predicted octanol–water partition coefficient (Wildman–Crippen LogP) is 3.49. The first-order valence-electron chi connectivity index (χ1n) is 8.94. The molecule has 130 valence electrons. The summed E-state index contributed by atoms with van der Waals surface area (Å²) >= 11 is 0. The summed E-state index contributed by atoms with van der Waals surface area (Å²) in [5, 5.41) is 0. The number of ether oxygens (including phenoxy) is 1. The zero-order valence-electron chi connectivity index (χ0n) is 14.6.